The number of piperazine rings is 1. The molecule has 24 heavy (non-hydrogen) atoms. The van der Waals surface area contributed by atoms with Crippen LogP contribution in [0.5, 0.6) is 11.5 Å². The molecule has 8 heteroatoms. The third-order valence-corrected chi connectivity index (χ3v) is 4.30. The highest BCUT2D eigenvalue weighted by Gasteiger charge is 2.20. The fraction of sp³-hybridized carbons (Fsp3) is 0.375. The molecule has 126 valence electrons. The minimum Gasteiger partial charge on any atom is -0.454 e. The van der Waals surface area contributed by atoms with Gasteiger partial charge in [0.05, 0.1) is 0 Å². The van der Waals surface area contributed by atoms with E-state index < -0.39 is 0 Å². The van der Waals surface area contributed by atoms with Gasteiger partial charge in [0.1, 0.15) is 12.0 Å². The second-order valence-electron chi connectivity index (χ2n) is 5.94. The Hall–Kier alpha value is -2.74. The van der Waals surface area contributed by atoms with Gasteiger partial charge in [-0.1, -0.05) is 0 Å². The van der Waals surface area contributed by atoms with Gasteiger partial charge in [0.25, 0.3) is 0 Å². The number of nitrogens with two attached hydrogens (primary N) is 1. The topological polar surface area (TPSA) is 88.8 Å². The average Bonchev–Trinajstić information content (AvgIpc) is 3.05. The Bertz CT molecular complexity index is 745. The molecule has 0 aliphatic carbocycles. The van der Waals surface area contributed by atoms with Gasteiger partial charge in [-0.05, 0) is 19.2 Å². The molecule has 1 saturated heterocycles. The molecule has 2 aliphatic rings. The van der Waals surface area contributed by atoms with Gasteiger partial charge in [-0.3, -0.25) is 0 Å². The van der Waals surface area contributed by atoms with Crippen molar-refractivity contribution in [1.82, 2.24) is 14.9 Å². The highest BCUT2D eigenvalue weighted by atomic mass is 16.7. The summed E-state index contributed by atoms with van der Waals surface area (Å²) in [5, 5.41) is 3.24. The quantitative estimate of drug-likeness (QED) is 0.871. The fourth-order valence-electron chi connectivity index (χ4n) is 2.87. The zero-order valence-corrected chi connectivity index (χ0v) is 13.5. The zero-order valence-electron chi connectivity index (χ0n) is 13.5. The summed E-state index contributed by atoms with van der Waals surface area (Å²) in [6.45, 7) is 4.05. The lowest BCUT2D eigenvalue weighted by molar-refractivity contribution is 0.174. The Kier molecular flexibility index (Phi) is 3.73. The van der Waals surface area contributed by atoms with Crippen LogP contribution in [0.1, 0.15) is 0 Å². The number of nitrogen functional groups attached to an aromatic ring is 1. The van der Waals surface area contributed by atoms with Gasteiger partial charge in [-0.2, -0.15) is 0 Å². The number of hydrogen-bond acceptors (Lipinski definition) is 8. The third kappa shape index (κ3) is 2.76. The normalized spacial score (nSPS) is 17.1. The molecule has 3 heterocycles. The van der Waals surface area contributed by atoms with E-state index in [9.17, 15) is 0 Å². The van der Waals surface area contributed by atoms with Gasteiger partial charge in [-0.25, -0.2) is 9.97 Å². The van der Waals surface area contributed by atoms with Crippen molar-refractivity contribution in [2.45, 2.75) is 0 Å². The molecule has 1 aromatic carbocycles. The number of nitrogens with one attached hydrogen (secondary N) is 1. The molecular formula is C16H20N6O2. The number of fused-ring (bicyclic) bond motifs is 1. The Morgan fingerprint density at radius 1 is 1.08 bits per heavy atom. The molecule has 1 fully saturated rings. The number of nitrogens with zero attached hydrogens (tertiary/aromatic N) is 4. The molecule has 0 spiro atoms. The van der Waals surface area contributed by atoms with Crippen LogP contribution in [0.2, 0.25) is 0 Å². The number of anilines is 4. The summed E-state index contributed by atoms with van der Waals surface area (Å²) < 4.78 is 10.7. The maximum atomic E-state index is 6.31. The van der Waals surface area contributed by atoms with Crippen LogP contribution in [-0.2, 0) is 0 Å². The summed E-state index contributed by atoms with van der Waals surface area (Å²) in [4.78, 5) is 13.1. The number of likely N-dealkylation sites (N-methyl/N-ethyl adjacent to an activating group) is 1. The molecule has 0 amide bonds. The monoisotopic (exact) mass is 328 g/mol. The lowest BCUT2D eigenvalue weighted by Gasteiger charge is -2.33. The molecular weight excluding hydrogens is 308 g/mol. The summed E-state index contributed by atoms with van der Waals surface area (Å²) in [7, 11) is 2.12. The minimum absolute atomic E-state index is 0.252. The number of ether oxygens (including phenoxy) is 2. The lowest BCUT2D eigenvalue weighted by atomic mass is 10.2. The van der Waals surface area contributed by atoms with E-state index >= 15 is 0 Å². The predicted octanol–water partition coefficient (Wildman–Crippen LogP) is 1.28. The van der Waals surface area contributed by atoms with Crippen molar-refractivity contribution in [1.29, 1.82) is 0 Å². The van der Waals surface area contributed by atoms with E-state index in [0.717, 1.165) is 43.4 Å². The minimum atomic E-state index is 0.252. The molecule has 2 aliphatic heterocycles. The first-order chi connectivity index (χ1) is 11.7. The molecule has 0 saturated carbocycles. The van der Waals surface area contributed by atoms with Gasteiger partial charge < -0.3 is 30.3 Å². The van der Waals surface area contributed by atoms with E-state index in [1.807, 2.05) is 18.2 Å². The van der Waals surface area contributed by atoms with E-state index in [-0.39, 0.29) is 6.79 Å². The Morgan fingerprint density at radius 2 is 1.88 bits per heavy atom. The molecule has 1 aromatic heterocycles. The fourth-order valence-corrected chi connectivity index (χ4v) is 2.87. The van der Waals surface area contributed by atoms with Crippen molar-refractivity contribution in [2.75, 3.05) is 56.0 Å². The summed E-state index contributed by atoms with van der Waals surface area (Å²) >= 11 is 0. The summed E-state index contributed by atoms with van der Waals surface area (Å²) in [5.41, 5.74) is 7.71. The third-order valence-electron chi connectivity index (χ3n) is 4.30. The smallest absolute Gasteiger partial charge is 0.231 e. The molecule has 0 atom stereocenters. The van der Waals surface area contributed by atoms with Crippen molar-refractivity contribution in [3.63, 3.8) is 0 Å². The van der Waals surface area contributed by atoms with E-state index in [2.05, 4.69) is 32.1 Å². The van der Waals surface area contributed by atoms with Gasteiger partial charge in [0.15, 0.2) is 23.1 Å². The Morgan fingerprint density at radius 3 is 2.71 bits per heavy atom. The highest BCUT2D eigenvalue weighted by molar-refractivity contribution is 5.78. The van der Waals surface area contributed by atoms with Crippen LogP contribution >= 0.6 is 0 Å². The van der Waals surface area contributed by atoms with Crippen LogP contribution < -0.4 is 25.4 Å². The maximum Gasteiger partial charge on any atom is 0.231 e. The molecule has 3 N–H and O–H groups in total. The molecule has 8 nitrogen and oxygen atoms in total. The summed E-state index contributed by atoms with van der Waals surface area (Å²) in [6.07, 6.45) is 1.54. The SMILES string of the molecule is CN1CCN(c2ncnc(Nc3ccc4c(c3)OCO4)c2N)CC1. The maximum absolute atomic E-state index is 6.31. The largest absolute Gasteiger partial charge is 0.454 e. The lowest BCUT2D eigenvalue weighted by Crippen LogP contribution is -2.45. The first-order valence-electron chi connectivity index (χ1n) is 7.91. The molecule has 2 aromatic rings. The van der Waals surface area contributed by atoms with Crippen LogP contribution in [-0.4, -0.2) is 54.9 Å². The second-order valence-corrected chi connectivity index (χ2v) is 5.94. The number of aromatic nitrogens is 2. The Labute approximate surface area is 140 Å². The molecule has 0 unspecified atom stereocenters. The summed E-state index contributed by atoms with van der Waals surface area (Å²) in [6, 6.07) is 5.65. The van der Waals surface area contributed by atoms with Crippen molar-refractivity contribution in [3.8, 4) is 11.5 Å². The van der Waals surface area contributed by atoms with Crippen LogP contribution in [0.25, 0.3) is 0 Å². The number of rotatable bonds is 3. The first-order valence-corrected chi connectivity index (χ1v) is 7.91. The van der Waals surface area contributed by atoms with Crippen molar-refractivity contribution in [3.05, 3.63) is 24.5 Å². The van der Waals surface area contributed by atoms with Crippen molar-refractivity contribution >= 4 is 23.0 Å². The van der Waals surface area contributed by atoms with Gasteiger partial charge in [-0.15, -0.1) is 0 Å². The van der Waals surface area contributed by atoms with Crippen LogP contribution in [0.3, 0.4) is 0 Å². The number of benzene rings is 1. The van der Waals surface area contributed by atoms with E-state index in [1.165, 1.54) is 0 Å². The molecule has 0 bridgehead atoms. The zero-order chi connectivity index (χ0) is 16.5. The van der Waals surface area contributed by atoms with Crippen LogP contribution in [0.15, 0.2) is 24.5 Å². The standard InChI is InChI=1S/C16H20N6O2/c1-21-4-6-22(7-5-21)16-14(17)15(18-9-19-16)20-11-2-3-12-13(8-11)24-10-23-12/h2-3,8-9H,4-7,10,17H2,1H3,(H,18,19,20). The van der Waals surface area contributed by atoms with Gasteiger partial charge in [0, 0.05) is 37.9 Å². The molecule has 4 rings (SSSR count). The average molecular weight is 328 g/mol. The predicted molar refractivity (Wildman–Crippen MR) is 92.0 cm³/mol. The van der Waals surface area contributed by atoms with Crippen LogP contribution in [0.4, 0.5) is 23.0 Å². The van der Waals surface area contributed by atoms with E-state index in [1.54, 1.807) is 6.33 Å². The second kappa shape index (κ2) is 6.04. The highest BCUT2D eigenvalue weighted by Crippen LogP contribution is 2.36. The van der Waals surface area contributed by atoms with E-state index in [4.69, 9.17) is 15.2 Å². The number of hydrogen-bond donors (Lipinski definition) is 2. The molecule has 0 radical (unpaired) electrons. The first kappa shape index (κ1) is 14.8. The van der Waals surface area contributed by atoms with Gasteiger partial charge in [0.2, 0.25) is 6.79 Å². The van der Waals surface area contributed by atoms with Crippen molar-refractivity contribution < 1.29 is 9.47 Å². The van der Waals surface area contributed by atoms with E-state index in [0.29, 0.717) is 17.3 Å². The van der Waals surface area contributed by atoms with Crippen molar-refractivity contribution in [2.24, 2.45) is 0 Å². The van der Waals surface area contributed by atoms with Gasteiger partial charge >= 0.3 is 0 Å². The summed E-state index contributed by atoms with van der Waals surface area (Å²) in [5.74, 6) is 2.83. The Balaban J connectivity index is 1.56. The van der Waals surface area contributed by atoms with Crippen LogP contribution in [0, 0.1) is 0 Å².